The van der Waals surface area contributed by atoms with Crippen molar-refractivity contribution in [2.24, 2.45) is 0 Å². The van der Waals surface area contributed by atoms with Crippen molar-refractivity contribution in [2.45, 2.75) is 0 Å². The number of aromatic nitrogens is 2. The minimum Gasteiger partial charge on any atom is -0.353 e. The van der Waals surface area contributed by atoms with E-state index in [2.05, 4.69) is 14.9 Å². The number of fused-ring (bicyclic) bond motifs is 1. The number of benzene rings is 1. The zero-order chi connectivity index (χ0) is 15.6. The first-order valence-corrected chi connectivity index (χ1v) is 8.48. The van der Waals surface area contributed by atoms with Crippen molar-refractivity contribution in [3.63, 3.8) is 0 Å². The predicted molar refractivity (Wildman–Crippen MR) is 92.0 cm³/mol. The van der Waals surface area contributed by atoms with Gasteiger partial charge in [-0.15, -0.1) is 11.3 Å². The third-order valence-corrected chi connectivity index (χ3v) is 4.91. The van der Waals surface area contributed by atoms with Crippen LogP contribution in [0.15, 0.2) is 48.1 Å². The van der Waals surface area contributed by atoms with E-state index in [1.54, 1.807) is 17.5 Å². The lowest BCUT2D eigenvalue weighted by Gasteiger charge is -2.35. The molecule has 1 aliphatic rings. The molecule has 4 rings (SSSR count). The summed E-state index contributed by atoms with van der Waals surface area (Å²) in [4.78, 5) is 25.5. The number of carbonyl (C=O) groups excluding carboxylic acids is 1. The molecule has 0 N–H and O–H groups in total. The second kappa shape index (κ2) is 5.96. The molecule has 5 nitrogen and oxygen atoms in total. The second-order valence-corrected chi connectivity index (χ2v) is 6.39. The average molecular weight is 324 g/mol. The minimum atomic E-state index is 0.0981. The summed E-state index contributed by atoms with van der Waals surface area (Å²) in [5.74, 6) is 1.08. The molecule has 1 fully saturated rings. The topological polar surface area (TPSA) is 49.3 Å². The van der Waals surface area contributed by atoms with Gasteiger partial charge in [0.05, 0.1) is 15.7 Å². The number of hydrogen-bond acceptors (Lipinski definition) is 5. The largest absolute Gasteiger partial charge is 0.353 e. The Kier molecular flexibility index (Phi) is 3.67. The number of anilines is 1. The Bertz CT molecular complexity index is 825. The standard InChI is InChI=1S/C17H16N4OS/c22-17(13-4-5-14-15(11-13)23-12-19-14)21-9-7-20(8-10-21)16-3-1-2-6-18-16/h1-6,11-12H,7-10H2. The van der Waals surface area contributed by atoms with E-state index < -0.39 is 0 Å². The van der Waals surface area contributed by atoms with Gasteiger partial charge in [0.25, 0.3) is 5.91 Å². The molecule has 23 heavy (non-hydrogen) atoms. The minimum absolute atomic E-state index is 0.0981. The smallest absolute Gasteiger partial charge is 0.254 e. The Hall–Kier alpha value is -2.47. The summed E-state index contributed by atoms with van der Waals surface area (Å²) in [6, 6.07) is 11.7. The fourth-order valence-corrected chi connectivity index (χ4v) is 3.57. The van der Waals surface area contributed by atoms with Crippen molar-refractivity contribution in [1.29, 1.82) is 0 Å². The van der Waals surface area contributed by atoms with Gasteiger partial charge < -0.3 is 9.80 Å². The fraction of sp³-hybridized carbons (Fsp3) is 0.235. The van der Waals surface area contributed by atoms with Gasteiger partial charge in [-0.05, 0) is 30.3 Å². The predicted octanol–water partition coefficient (Wildman–Crippen LogP) is 2.65. The molecule has 0 saturated carbocycles. The van der Waals surface area contributed by atoms with Gasteiger partial charge >= 0.3 is 0 Å². The summed E-state index contributed by atoms with van der Waals surface area (Å²) < 4.78 is 1.06. The molecule has 1 aromatic carbocycles. The van der Waals surface area contributed by atoms with Crippen LogP contribution in [0.2, 0.25) is 0 Å². The highest BCUT2D eigenvalue weighted by Gasteiger charge is 2.23. The Morgan fingerprint density at radius 2 is 1.91 bits per heavy atom. The molecular formula is C17H16N4OS. The molecule has 1 saturated heterocycles. The van der Waals surface area contributed by atoms with E-state index in [1.807, 2.05) is 46.8 Å². The molecule has 0 unspecified atom stereocenters. The summed E-state index contributed by atoms with van der Waals surface area (Å²) >= 11 is 1.56. The van der Waals surface area contributed by atoms with Gasteiger partial charge in [0.2, 0.25) is 0 Å². The molecular weight excluding hydrogens is 308 g/mol. The van der Waals surface area contributed by atoms with Crippen molar-refractivity contribution in [3.05, 3.63) is 53.7 Å². The quantitative estimate of drug-likeness (QED) is 0.727. The molecule has 3 heterocycles. The van der Waals surface area contributed by atoms with Crippen molar-refractivity contribution in [1.82, 2.24) is 14.9 Å². The molecule has 1 amide bonds. The lowest BCUT2D eigenvalue weighted by atomic mass is 10.1. The number of hydrogen-bond donors (Lipinski definition) is 0. The van der Waals surface area contributed by atoms with Crippen LogP contribution in [0.25, 0.3) is 10.2 Å². The van der Waals surface area contributed by atoms with Crippen molar-refractivity contribution >= 4 is 33.3 Å². The van der Waals surface area contributed by atoms with Crippen LogP contribution in [0.1, 0.15) is 10.4 Å². The normalized spacial score (nSPS) is 15.1. The maximum Gasteiger partial charge on any atom is 0.254 e. The van der Waals surface area contributed by atoms with E-state index in [0.29, 0.717) is 0 Å². The van der Waals surface area contributed by atoms with Crippen LogP contribution < -0.4 is 4.90 Å². The Morgan fingerprint density at radius 3 is 2.70 bits per heavy atom. The van der Waals surface area contributed by atoms with Crippen LogP contribution in [-0.2, 0) is 0 Å². The summed E-state index contributed by atoms with van der Waals surface area (Å²) in [5.41, 5.74) is 3.50. The van der Waals surface area contributed by atoms with E-state index in [9.17, 15) is 4.79 Å². The summed E-state index contributed by atoms with van der Waals surface area (Å²) in [7, 11) is 0. The summed E-state index contributed by atoms with van der Waals surface area (Å²) in [6.45, 7) is 3.06. The summed E-state index contributed by atoms with van der Waals surface area (Å²) in [6.07, 6.45) is 1.80. The first-order valence-electron chi connectivity index (χ1n) is 7.60. The molecule has 0 atom stereocenters. The number of rotatable bonds is 2. The van der Waals surface area contributed by atoms with Gasteiger partial charge in [-0.3, -0.25) is 4.79 Å². The zero-order valence-corrected chi connectivity index (χ0v) is 13.4. The maximum atomic E-state index is 12.7. The second-order valence-electron chi connectivity index (χ2n) is 5.50. The van der Waals surface area contributed by atoms with Gasteiger partial charge in [-0.2, -0.15) is 0 Å². The van der Waals surface area contributed by atoms with Crippen LogP contribution >= 0.6 is 11.3 Å². The van der Waals surface area contributed by atoms with E-state index in [0.717, 1.165) is 47.8 Å². The zero-order valence-electron chi connectivity index (χ0n) is 12.6. The molecule has 116 valence electrons. The number of thiazole rings is 1. The number of piperazine rings is 1. The third-order valence-electron chi connectivity index (χ3n) is 4.12. The number of amides is 1. The summed E-state index contributed by atoms with van der Waals surface area (Å²) in [5, 5.41) is 0. The molecule has 0 aliphatic carbocycles. The molecule has 3 aromatic rings. The monoisotopic (exact) mass is 324 g/mol. The molecule has 2 aromatic heterocycles. The van der Waals surface area contributed by atoms with E-state index in [-0.39, 0.29) is 5.91 Å². The molecule has 0 spiro atoms. The Morgan fingerprint density at radius 1 is 1.04 bits per heavy atom. The maximum absolute atomic E-state index is 12.7. The lowest BCUT2D eigenvalue weighted by molar-refractivity contribution is 0.0746. The van der Waals surface area contributed by atoms with Gasteiger partial charge in [-0.1, -0.05) is 6.07 Å². The van der Waals surface area contributed by atoms with Gasteiger partial charge in [-0.25, -0.2) is 9.97 Å². The van der Waals surface area contributed by atoms with Crippen LogP contribution in [0.3, 0.4) is 0 Å². The molecule has 0 bridgehead atoms. The fourth-order valence-electron chi connectivity index (χ4n) is 2.85. The number of carbonyl (C=O) groups is 1. The molecule has 1 aliphatic heterocycles. The van der Waals surface area contributed by atoms with Crippen LogP contribution in [0.5, 0.6) is 0 Å². The third kappa shape index (κ3) is 2.77. The van der Waals surface area contributed by atoms with Crippen LogP contribution in [0.4, 0.5) is 5.82 Å². The van der Waals surface area contributed by atoms with Crippen molar-refractivity contribution < 1.29 is 4.79 Å². The number of pyridine rings is 1. The van der Waals surface area contributed by atoms with Crippen LogP contribution in [0, 0.1) is 0 Å². The number of nitrogens with zero attached hydrogens (tertiary/aromatic N) is 4. The van der Waals surface area contributed by atoms with Crippen LogP contribution in [-0.4, -0.2) is 47.0 Å². The van der Waals surface area contributed by atoms with E-state index in [1.165, 1.54) is 0 Å². The Balaban J connectivity index is 1.46. The van der Waals surface area contributed by atoms with Crippen molar-refractivity contribution in [2.75, 3.05) is 31.1 Å². The first-order chi connectivity index (χ1) is 11.3. The highest BCUT2D eigenvalue weighted by atomic mass is 32.1. The van der Waals surface area contributed by atoms with Gasteiger partial charge in [0.1, 0.15) is 5.82 Å². The van der Waals surface area contributed by atoms with Gasteiger partial charge in [0.15, 0.2) is 0 Å². The van der Waals surface area contributed by atoms with Crippen molar-refractivity contribution in [3.8, 4) is 0 Å². The molecule has 0 radical (unpaired) electrons. The van der Waals surface area contributed by atoms with E-state index >= 15 is 0 Å². The highest BCUT2D eigenvalue weighted by Crippen LogP contribution is 2.21. The molecule has 6 heteroatoms. The SMILES string of the molecule is O=C(c1ccc2ncsc2c1)N1CCN(c2ccccn2)CC1. The lowest BCUT2D eigenvalue weighted by Crippen LogP contribution is -2.49. The first kappa shape index (κ1) is 14.1. The average Bonchev–Trinajstić information content (AvgIpc) is 3.10. The van der Waals surface area contributed by atoms with Gasteiger partial charge in [0, 0.05) is 37.9 Å². The Labute approximate surface area is 138 Å². The van der Waals surface area contributed by atoms with E-state index in [4.69, 9.17) is 0 Å². The highest BCUT2D eigenvalue weighted by molar-refractivity contribution is 7.16.